The summed E-state index contributed by atoms with van der Waals surface area (Å²) in [6.07, 6.45) is 4.88. The van der Waals surface area contributed by atoms with E-state index in [0.717, 1.165) is 69.0 Å². The molecule has 2 aliphatic heterocycles. The third kappa shape index (κ3) is 5.97. The largest absolute Gasteiger partial charge is 0.363 e. The molecule has 2 heterocycles. The van der Waals surface area contributed by atoms with E-state index in [1.165, 1.54) is 0 Å². The average molecular weight is 445 g/mol. The van der Waals surface area contributed by atoms with Gasteiger partial charge in [-0.25, -0.2) is 0 Å². The number of piperidine rings is 2. The third-order valence-electron chi connectivity index (χ3n) is 6.58. The van der Waals surface area contributed by atoms with Crippen LogP contribution in [0.25, 0.3) is 0 Å². The van der Waals surface area contributed by atoms with E-state index in [-0.39, 0.29) is 23.8 Å². The number of amides is 2. The van der Waals surface area contributed by atoms with Gasteiger partial charge in [0.15, 0.2) is 5.11 Å². The zero-order chi connectivity index (χ0) is 22.4. The first kappa shape index (κ1) is 23.5. The highest BCUT2D eigenvalue weighted by Crippen LogP contribution is 2.25. The van der Waals surface area contributed by atoms with Gasteiger partial charge in [0.1, 0.15) is 6.04 Å². The molecule has 0 spiro atoms. The number of carbonyl (C=O) groups excluding carboxylic acids is 2. The van der Waals surface area contributed by atoms with Crippen LogP contribution in [-0.4, -0.2) is 65.0 Å². The first-order valence-corrected chi connectivity index (χ1v) is 12.0. The normalized spacial score (nSPS) is 20.8. The highest BCUT2D eigenvalue weighted by molar-refractivity contribution is 7.80. The van der Waals surface area contributed by atoms with Gasteiger partial charge in [0.25, 0.3) is 5.91 Å². The summed E-state index contributed by atoms with van der Waals surface area (Å²) in [6, 6.07) is 7.24. The number of hydrogen-bond donors (Lipinski definition) is 2. The number of likely N-dealkylation sites (tertiary alicyclic amines) is 2. The molecule has 0 aliphatic carbocycles. The lowest BCUT2D eigenvalue weighted by Gasteiger charge is -2.41. The second kappa shape index (κ2) is 10.9. The molecule has 0 radical (unpaired) electrons. The summed E-state index contributed by atoms with van der Waals surface area (Å²) >= 11 is 5.46. The highest BCUT2D eigenvalue weighted by atomic mass is 32.1. The van der Waals surface area contributed by atoms with Crippen molar-refractivity contribution in [1.29, 1.82) is 0 Å². The Morgan fingerprint density at radius 2 is 1.77 bits per heavy atom. The van der Waals surface area contributed by atoms with Crippen LogP contribution < -0.4 is 10.6 Å². The van der Waals surface area contributed by atoms with Gasteiger partial charge in [0.2, 0.25) is 5.91 Å². The molecule has 2 amide bonds. The van der Waals surface area contributed by atoms with Gasteiger partial charge in [0, 0.05) is 37.8 Å². The Kier molecular flexibility index (Phi) is 8.29. The van der Waals surface area contributed by atoms with Crippen molar-refractivity contribution in [3.05, 3.63) is 35.4 Å². The van der Waals surface area contributed by atoms with Crippen LogP contribution in [0.4, 0.5) is 0 Å². The number of thiocarbonyl (C=S) groups is 1. The minimum atomic E-state index is -0.496. The number of carbonyl (C=O) groups is 2. The van der Waals surface area contributed by atoms with E-state index in [1.807, 2.05) is 43.0 Å². The van der Waals surface area contributed by atoms with Crippen LogP contribution in [0, 0.1) is 12.8 Å². The molecular formula is C24H36N4O2S. The first-order chi connectivity index (χ1) is 14.9. The minimum absolute atomic E-state index is 0.0698. The predicted molar refractivity (Wildman–Crippen MR) is 128 cm³/mol. The van der Waals surface area contributed by atoms with Crippen LogP contribution in [0.1, 0.15) is 61.9 Å². The van der Waals surface area contributed by atoms with Crippen LogP contribution in [-0.2, 0) is 4.79 Å². The predicted octanol–water partition coefficient (Wildman–Crippen LogP) is 3.10. The van der Waals surface area contributed by atoms with Crippen LogP contribution in [0.5, 0.6) is 0 Å². The van der Waals surface area contributed by atoms with E-state index < -0.39 is 6.04 Å². The van der Waals surface area contributed by atoms with Gasteiger partial charge in [-0.05, 0) is 83.1 Å². The number of nitrogens with one attached hydrogen (secondary N) is 2. The van der Waals surface area contributed by atoms with Crippen molar-refractivity contribution in [1.82, 2.24) is 20.4 Å². The number of nitrogens with zero attached hydrogens (tertiary/aromatic N) is 2. The second-order valence-electron chi connectivity index (χ2n) is 8.85. The summed E-state index contributed by atoms with van der Waals surface area (Å²) in [5.41, 5.74) is 1.70. The first-order valence-electron chi connectivity index (χ1n) is 11.6. The maximum Gasteiger partial charge on any atom is 0.251 e. The lowest BCUT2D eigenvalue weighted by Crippen LogP contribution is -2.57. The maximum atomic E-state index is 13.6. The Hall–Kier alpha value is -2.15. The van der Waals surface area contributed by atoms with Gasteiger partial charge in [-0.2, -0.15) is 0 Å². The third-order valence-corrected chi connectivity index (χ3v) is 6.98. The zero-order valence-corrected chi connectivity index (χ0v) is 19.8. The molecule has 7 heteroatoms. The molecule has 2 atom stereocenters. The van der Waals surface area contributed by atoms with Crippen molar-refractivity contribution in [3.63, 3.8) is 0 Å². The highest BCUT2D eigenvalue weighted by Gasteiger charge is 2.37. The molecular weight excluding hydrogens is 408 g/mol. The number of hydrogen-bond acceptors (Lipinski definition) is 3. The quantitative estimate of drug-likeness (QED) is 0.684. The molecule has 0 aromatic heterocycles. The summed E-state index contributed by atoms with van der Waals surface area (Å²) in [4.78, 5) is 30.8. The fraction of sp³-hybridized carbons (Fsp3) is 0.625. The fourth-order valence-electron chi connectivity index (χ4n) is 4.61. The molecule has 2 N–H and O–H groups in total. The Morgan fingerprint density at radius 3 is 2.39 bits per heavy atom. The average Bonchev–Trinajstić information content (AvgIpc) is 2.78. The molecule has 170 valence electrons. The van der Waals surface area contributed by atoms with E-state index in [4.69, 9.17) is 12.2 Å². The molecule has 1 aromatic carbocycles. The Morgan fingerprint density at radius 1 is 1.10 bits per heavy atom. The van der Waals surface area contributed by atoms with Crippen molar-refractivity contribution in [3.8, 4) is 0 Å². The standard InChI is InChI=1S/C24H36N4O2S/c1-4-25-24(31)27-15-12-19(13-16-27)21(23(30)28-14-6-5-7-18(28)3)26-22(29)20-10-8-17(2)9-11-20/h8-11,18-19,21H,4-7,12-16H2,1-3H3,(H,25,31)(H,26,29)/t18-,21+/m0/s1. The molecule has 3 rings (SSSR count). The lowest BCUT2D eigenvalue weighted by atomic mass is 9.87. The smallest absolute Gasteiger partial charge is 0.251 e. The van der Waals surface area contributed by atoms with Gasteiger partial charge in [-0.1, -0.05) is 17.7 Å². The molecule has 6 nitrogen and oxygen atoms in total. The van der Waals surface area contributed by atoms with Gasteiger partial charge in [-0.15, -0.1) is 0 Å². The Balaban J connectivity index is 1.74. The molecule has 31 heavy (non-hydrogen) atoms. The number of aryl methyl sites for hydroxylation is 1. The molecule has 2 aliphatic rings. The van der Waals surface area contributed by atoms with Crippen molar-refractivity contribution in [2.75, 3.05) is 26.2 Å². The maximum absolute atomic E-state index is 13.6. The van der Waals surface area contributed by atoms with Crippen LogP contribution in [0.2, 0.25) is 0 Å². The lowest BCUT2D eigenvalue weighted by molar-refractivity contribution is -0.138. The molecule has 0 saturated carbocycles. The van der Waals surface area contributed by atoms with Crippen molar-refractivity contribution < 1.29 is 9.59 Å². The zero-order valence-electron chi connectivity index (χ0n) is 19.0. The van der Waals surface area contributed by atoms with Crippen molar-refractivity contribution >= 4 is 29.1 Å². The van der Waals surface area contributed by atoms with Crippen LogP contribution in [0.15, 0.2) is 24.3 Å². The van der Waals surface area contributed by atoms with E-state index >= 15 is 0 Å². The van der Waals surface area contributed by atoms with Gasteiger partial charge >= 0.3 is 0 Å². The van der Waals surface area contributed by atoms with Gasteiger partial charge < -0.3 is 20.4 Å². The van der Waals surface area contributed by atoms with E-state index in [1.54, 1.807) is 0 Å². The Bertz CT molecular complexity index is 774. The molecule has 0 bridgehead atoms. The second-order valence-corrected chi connectivity index (χ2v) is 9.24. The van der Waals surface area contributed by atoms with E-state index in [9.17, 15) is 9.59 Å². The summed E-state index contributed by atoms with van der Waals surface area (Å²) in [5, 5.41) is 7.10. The summed E-state index contributed by atoms with van der Waals surface area (Å²) in [6.45, 7) is 9.34. The number of benzene rings is 1. The minimum Gasteiger partial charge on any atom is -0.363 e. The molecule has 2 saturated heterocycles. The van der Waals surface area contributed by atoms with E-state index in [0.29, 0.717) is 5.56 Å². The number of rotatable bonds is 5. The summed E-state index contributed by atoms with van der Waals surface area (Å²) in [5.74, 6) is 0.00526. The molecule has 2 fully saturated rings. The monoisotopic (exact) mass is 444 g/mol. The van der Waals surface area contributed by atoms with Crippen LogP contribution >= 0.6 is 12.2 Å². The molecule has 1 aromatic rings. The summed E-state index contributed by atoms with van der Waals surface area (Å²) in [7, 11) is 0. The summed E-state index contributed by atoms with van der Waals surface area (Å²) < 4.78 is 0. The van der Waals surface area contributed by atoms with Gasteiger partial charge in [0.05, 0.1) is 0 Å². The SMILES string of the molecule is CCNC(=S)N1CCC([C@@H](NC(=O)c2ccc(C)cc2)C(=O)N2CCCC[C@@H]2C)CC1. The molecule has 0 unspecified atom stereocenters. The van der Waals surface area contributed by atoms with Crippen molar-refractivity contribution in [2.45, 2.75) is 65.0 Å². The van der Waals surface area contributed by atoms with Gasteiger partial charge in [-0.3, -0.25) is 9.59 Å². The topological polar surface area (TPSA) is 64.7 Å². The Labute approximate surface area is 191 Å². The fourth-order valence-corrected chi connectivity index (χ4v) is 4.94. The van der Waals surface area contributed by atoms with Crippen LogP contribution in [0.3, 0.4) is 0 Å². The van der Waals surface area contributed by atoms with Crippen molar-refractivity contribution in [2.24, 2.45) is 5.92 Å². The van der Waals surface area contributed by atoms with E-state index in [2.05, 4.69) is 22.5 Å².